The quantitative estimate of drug-likeness (QED) is 0.771. The maximum absolute atomic E-state index is 12.4. The van der Waals surface area contributed by atoms with Crippen molar-refractivity contribution in [2.75, 3.05) is 11.9 Å². The van der Waals surface area contributed by atoms with Crippen LogP contribution in [0.2, 0.25) is 5.02 Å². The van der Waals surface area contributed by atoms with Gasteiger partial charge < -0.3 is 15.0 Å². The van der Waals surface area contributed by atoms with Gasteiger partial charge in [0.05, 0.1) is 12.2 Å². The summed E-state index contributed by atoms with van der Waals surface area (Å²) in [5, 5.41) is 3.14. The number of pyridine rings is 1. The van der Waals surface area contributed by atoms with E-state index in [9.17, 15) is 14.4 Å². The molecule has 0 aliphatic rings. The van der Waals surface area contributed by atoms with Crippen LogP contribution in [0.15, 0.2) is 35.1 Å². The van der Waals surface area contributed by atoms with Gasteiger partial charge >= 0.3 is 5.97 Å². The van der Waals surface area contributed by atoms with Crippen LogP contribution in [0.4, 0.5) is 5.69 Å². The van der Waals surface area contributed by atoms with E-state index in [1.165, 1.54) is 6.07 Å². The summed E-state index contributed by atoms with van der Waals surface area (Å²) < 4.78 is 5.01. The third-order valence-electron chi connectivity index (χ3n) is 3.46. The number of nitrogens with one attached hydrogen (secondary N) is 2. The molecule has 0 spiro atoms. The van der Waals surface area contributed by atoms with E-state index in [2.05, 4.69) is 10.3 Å². The van der Waals surface area contributed by atoms with Gasteiger partial charge in [-0.2, -0.15) is 0 Å². The van der Waals surface area contributed by atoms with Gasteiger partial charge in [-0.25, -0.2) is 4.79 Å². The van der Waals surface area contributed by atoms with Crippen molar-refractivity contribution in [1.82, 2.24) is 4.98 Å². The summed E-state index contributed by atoms with van der Waals surface area (Å²) in [5.74, 6) is -1.18. The van der Waals surface area contributed by atoms with Gasteiger partial charge in [0.15, 0.2) is 0 Å². The van der Waals surface area contributed by atoms with Gasteiger partial charge in [-0.15, -0.1) is 0 Å². The lowest BCUT2D eigenvalue weighted by Gasteiger charge is -2.10. The number of benzene rings is 1. The highest BCUT2D eigenvalue weighted by molar-refractivity contribution is 6.30. The minimum Gasteiger partial charge on any atom is -0.462 e. The van der Waals surface area contributed by atoms with Crippen molar-refractivity contribution in [3.05, 3.63) is 62.5 Å². The molecular weight excluding hydrogens is 344 g/mol. The Morgan fingerprint density at radius 3 is 2.44 bits per heavy atom. The molecule has 0 radical (unpaired) electrons. The van der Waals surface area contributed by atoms with Crippen LogP contribution in [0.5, 0.6) is 0 Å². The Bertz CT molecular complexity index is 828. The lowest BCUT2D eigenvalue weighted by Crippen LogP contribution is -2.26. The van der Waals surface area contributed by atoms with Crippen LogP contribution in [0.25, 0.3) is 0 Å². The van der Waals surface area contributed by atoms with Gasteiger partial charge in [0.2, 0.25) is 0 Å². The van der Waals surface area contributed by atoms with E-state index >= 15 is 0 Å². The number of hydrogen-bond acceptors (Lipinski definition) is 4. The van der Waals surface area contributed by atoms with Crippen LogP contribution in [0.1, 0.15) is 46.7 Å². The van der Waals surface area contributed by atoms with Crippen molar-refractivity contribution < 1.29 is 14.3 Å². The third-order valence-corrected chi connectivity index (χ3v) is 3.72. The summed E-state index contributed by atoms with van der Waals surface area (Å²) in [5.41, 5.74) is 0.448. The summed E-state index contributed by atoms with van der Waals surface area (Å²) >= 11 is 5.80. The molecule has 2 aromatic rings. The predicted molar refractivity (Wildman–Crippen MR) is 96.4 cm³/mol. The topological polar surface area (TPSA) is 88.3 Å². The summed E-state index contributed by atoms with van der Waals surface area (Å²) in [4.78, 5) is 39.4. The molecule has 2 rings (SSSR count). The van der Waals surface area contributed by atoms with E-state index in [-0.39, 0.29) is 17.7 Å². The zero-order valence-corrected chi connectivity index (χ0v) is 14.8. The number of anilines is 1. The second-order valence-electron chi connectivity index (χ2n) is 5.34. The van der Waals surface area contributed by atoms with Gasteiger partial charge in [0, 0.05) is 16.4 Å². The average Bonchev–Trinajstić information content (AvgIpc) is 2.57. The average molecular weight is 363 g/mol. The predicted octanol–water partition coefficient (Wildman–Crippen LogP) is 3.41. The lowest BCUT2D eigenvalue weighted by atomic mass is 10.1. The Morgan fingerprint density at radius 2 is 1.84 bits per heavy atom. The zero-order valence-electron chi connectivity index (χ0n) is 14.0. The highest BCUT2D eigenvalue weighted by atomic mass is 35.5. The van der Waals surface area contributed by atoms with Crippen molar-refractivity contribution in [2.45, 2.75) is 26.7 Å². The second kappa shape index (κ2) is 8.48. The Balaban J connectivity index is 2.37. The summed E-state index contributed by atoms with van der Waals surface area (Å²) in [6, 6.07) is 7.76. The molecule has 0 aliphatic carbocycles. The standard InChI is InChI=1S/C18H19ClN2O4/c1-3-5-15-13(18(24)25-4-2)10-14(17(23)21-15)16(22)20-12-8-6-11(19)7-9-12/h6-10H,3-5H2,1-2H3,(H,20,22)(H,21,23). The van der Waals surface area contributed by atoms with E-state index in [4.69, 9.17) is 16.3 Å². The van der Waals surface area contributed by atoms with Crippen molar-refractivity contribution in [2.24, 2.45) is 0 Å². The van der Waals surface area contributed by atoms with Crippen LogP contribution in [0, 0.1) is 0 Å². The highest BCUT2D eigenvalue weighted by Gasteiger charge is 2.19. The number of amides is 1. The Labute approximate surface area is 150 Å². The Kier molecular flexibility index (Phi) is 6.36. The number of H-pyrrole nitrogens is 1. The van der Waals surface area contributed by atoms with Crippen molar-refractivity contribution in [3.8, 4) is 0 Å². The number of aromatic nitrogens is 1. The molecule has 1 heterocycles. The van der Waals surface area contributed by atoms with Gasteiger partial charge in [-0.1, -0.05) is 24.9 Å². The first-order valence-corrected chi connectivity index (χ1v) is 8.34. The monoisotopic (exact) mass is 362 g/mol. The van der Waals surface area contributed by atoms with Crippen LogP contribution < -0.4 is 10.9 Å². The molecule has 0 bridgehead atoms. The molecule has 2 N–H and O–H groups in total. The largest absolute Gasteiger partial charge is 0.462 e. The number of carbonyl (C=O) groups excluding carboxylic acids is 2. The smallest absolute Gasteiger partial charge is 0.339 e. The first-order valence-electron chi connectivity index (χ1n) is 7.96. The molecule has 0 fully saturated rings. The molecule has 7 heteroatoms. The summed E-state index contributed by atoms with van der Waals surface area (Å²) in [6.07, 6.45) is 1.24. The molecule has 6 nitrogen and oxygen atoms in total. The van der Waals surface area contributed by atoms with Crippen molar-refractivity contribution >= 4 is 29.2 Å². The molecular formula is C18H19ClN2O4. The van der Waals surface area contributed by atoms with Gasteiger partial charge in [0.1, 0.15) is 5.56 Å². The zero-order chi connectivity index (χ0) is 18.4. The van der Waals surface area contributed by atoms with Crippen LogP contribution in [0.3, 0.4) is 0 Å². The van der Waals surface area contributed by atoms with Gasteiger partial charge in [-0.3, -0.25) is 9.59 Å². The fourth-order valence-corrected chi connectivity index (χ4v) is 2.43. The second-order valence-corrected chi connectivity index (χ2v) is 5.77. The number of hydrogen-bond donors (Lipinski definition) is 2. The fourth-order valence-electron chi connectivity index (χ4n) is 2.31. The van der Waals surface area contributed by atoms with Gasteiger partial charge in [0.25, 0.3) is 11.5 Å². The van der Waals surface area contributed by atoms with E-state index in [0.29, 0.717) is 22.8 Å². The minimum absolute atomic E-state index is 0.155. The molecule has 1 aromatic carbocycles. The van der Waals surface area contributed by atoms with Crippen molar-refractivity contribution in [3.63, 3.8) is 0 Å². The minimum atomic E-state index is -0.614. The molecule has 25 heavy (non-hydrogen) atoms. The van der Waals surface area contributed by atoms with Gasteiger partial charge in [-0.05, 0) is 43.7 Å². The first kappa shape index (κ1) is 18.7. The molecule has 132 valence electrons. The van der Waals surface area contributed by atoms with E-state index in [0.717, 1.165) is 6.42 Å². The molecule has 0 saturated carbocycles. The lowest BCUT2D eigenvalue weighted by molar-refractivity contribution is 0.0524. The molecule has 0 atom stereocenters. The van der Waals surface area contributed by atoms with E-state index < -0.39 is 17.4 Å². The normalized spacial score (nSPS) is 10.4. The van der Waals surface area contributed by atoms with Crippen LogP contribution >= 0.6 is 11.6 Å². The highest BCUT2D eigenvalue weighted by Crippen LogP contribution is 2.15. The number of aryl methyl sites for hydroxylation is 1. The Hall–Kier alpha value is -2.60. The molecule has 1 aromatic heterocycles. The maximum Gasteiger partial charge on any atom is 0.339 e. The van der Waals surface area contributed by atoms with Crippen LogP contribution in [-0.4, -0.2) is 23.5 Å². The molecule has 0 aliphatic heterocycles. The fraction of sp³-hybridized carbons (Fsp3) is 0.278. The number of aromatic amines is 1. The number of rotatable bonds is 6. The maximum atomic E-state index is 12.4. The Morgan fingerprint density at radius 1 is 1.16 bits per heavy atom. The summed E-state index contributed by atoms with van der Waals surface area (Å²) in [6.45, 7) is 3.82. The number of halogens is 1. The van der Waals surface area contributed by atoms with Crippen molar-refractivity contribution in [1.29, 1.82) is 0 Å². The van der Waals surface area contributed by atoms with Crippen LogP contribution in [-0.2, 0) is 11.2 Å². The summed E-state index contributed by atoms with van der Waals surface area (Å²) in [7, 11) is 0. The SMILES string of the molecule is CCCc1[nH]c(=O)c(C(=O)Nc2ccc(Cl)cc2)cc1C(=O)OCC. The van der Waals surface area contributed by atoms with E-state index in [1.54, 1.807) is 31.2 Å². The number of ether oxygens (including phenoxy) is 1. The first-order chi connectivity index (χ1) is 12.0. The molecule has 0 unspecified atom stereocenters. The number of esters is 1. The third kappa shape index (κ3) is 4.70. The molecule has 1 amide bonds. The number of carbonyl (C=O) groups is 2. The molecule has 0 saturated heterocycles. The van der Waals surface area contributed by atoms with E-state index in [1.807, 2.05) is 6.92 Å².